The van der Waals surface area contributed by atoms with Crippen LogP contribution in [0.3, 0.4) is 0 Å². The van der Waals surface area contributed by atoms with Gasteiger partial charge in [-0.3, -0.25) is 9.89 Å². The number of aromatic amines is 1. The second kappa shape index (κ2) is 9.45. The van der Waals surface area contributed by atoms with Crippen LogP contribution in [-0.4, -0.2) is 33.7 Å². The lowest BCUT2D eigenvalue weighted by molar-refractivity contribution is 0.0526. The number of nitrogens with one attached hydrogen (secondary N) is 1. The molecule has 0 bridgehead atoms. The van der Waals surface area contributed by atoms with Gasteiger partial charge in [-0.05, 0) is 49.7 Å². The van der Waals surface area contributed by atoms with Gasteiger partial charge in [0.1, 0.15) is 23.1 Å². The molecule has 7 nitrogen and oxygen atoms in total. The first-order valence-electron chi connectivity index (χ1n) is 9.33. The summed E-state index contributed by atoms with van der Waals surface area (Å²) in [4.78, 5) is 23.3. The van der Waals surface area contributed by atoms with E-state index in [4.69, 9.17) is 21.1 Å². The number of rotatable bonds is 8. The Morgan fingerprint density at radius 3 is 2.73 bits per heavy atom. The maximum Gasteiger partial charge on any atom is 0.338 e. The summed E-state index contributed by atoms with van der Waals surface area (Å²) in [7, 11) is 0. The normalized spacial score (nSPS) is 10.6. The highest BCUT2D eigenvalue weighted by Gasteiger charge is 2.15. The highest BCUT2D eigenvalue weighted by molar-refractivity contribution is 6.34. The van der Waals surface area contributed by atoms with Crippen LogP contribution < -0.4 is 4.74 Å². The first kappa shape index (κ1) is 21.4. The molecule has 1 aromatic heterocycles. The molecular formula is C22H21ClN2O5. The number of halogens is 1. The van der Waals surface area contributed by atoms with Crippen molar-refractivity contribution in [2.24, 2.45) is 0 Å². The lowest BCUT2D eigenvalue weighted by Gasteiger charge is -2.10. The van der Waals surface area contributed by atoms with Crippen LogP contribution in [0.4, 0.5) is 0 Å². The average Bonchev–Trinajstić information content (AvgIpc) is 3.16. The fourth-order valence-electron chi connectivity index (χ4n) is 2.90. The van der Waals surface area contributed by atoms with E-state index in [0.29, 0.717) is 24.3 Å². The van der Waals surface area contributed by atoms with Crippen LogP contribution in [0.25, 0.3) is 0 Å². The smallest absolute Gasteiger partial charge is 0.338 e. The predicted octanol–water partition coefficient (Wildman–Crippen LogP) is 4.32. The zero-order chi connectivity index (χ0) is 21.7. The Morgan fingerprint density at radius 1 is 1.20 bits per heavy atom. The van der Waals surface area contributed by atoms with E-state index in [1.165, 1.54) is 19.1 Å². The number of ketones is 1. The molecule has 0 unspecified atom stereocenters. The standard InChI is InChI=1S/C22H21ClN2O5/c1-3-29-22(28)15-6-4-5-14(9-15)10-16-11-17(25-24-16)12-30-19-8-7-18(13(2)26)21(27)20(19)23/h4-9,11,27H,3,10,12H2,1-2H3,(H,24,25). The molecule has 2 N–H and O–H groups in total. The van der Waals surface area contributed by atoms with E-state index in [9.17, 15) is 14.7 Å². The van der Waals surface area contributed by atoms with Crippen LogP contribution in [0.15, 0.2) is 42.5 Å². The molecule has 3 rings (SSSR count). The van der Waals surface area contributed by atoms with E-state index in [-0.39, 0.29) is 40.4 Å². The number of phenolic OH excluding ortho intramolecular Hbond substituents is 1. The molecule has 0 aliphatic heterocycles. The van der Waals surface area contributed by atoms with Crippen LogP contribution in [-0.2, 0) is 17.8 Å². The van der Waals surface area contributed by atoms with E-state index >= 15 is 0 Å². The Bertz CT molecular complexity index is 1080. The van der Waals surface area contributed by atoms with Gasteiger partial charge in [0.15, 0.2) is 5.78 Å². The third-order valence-electron chi connectivity index (χ3n) is 4.35. The second-order valence-electron chi connectivity index (χ2n) is 6.60. The highest BCUT2D eigenvalue weighted by Crippen LogP contribution is 2.36. The Balaban J connectivity index is 1.65. The quantitative estimate of drug-likeness (QED) is 0.409. The topological polar surface area (TPSA) is 102 Å². The first-order chi connectivity index (χ1) is 14.4. The predicted molar refractivity (Wildman–Crippen MR) is 111 cm³/mol. The number of aromatic nitrogens is 2. The lowest BCUT2D eigenvalue weighted by Crippen LogP contribution is -2.05. The molecule has 0 fully saturated rings. The molecule has 0 amide bonds. The molecule has 0 saturated heterocycles. The Morgan fingerprint density at radius 2 is 2.00 bits per heavy atom. The van der Waals surface area contributed by atoms with E-state index in [1.54, 1.807) is 25.1 Å². The van der Waals surface area contributed by atoms with Gasteiger partial charge in [0.05, 0.1) is 29.1 Å². The Labute approximate surface area is 178 Å². The summed E-state index contributed by atoms with van der Waals surface area (Å²) >= 11 is 6.09. The van der Waals surface area contributed by atoms with Crippen LogP contribution in [0.2, 0.25) is 5.02 Å². The molecule has 0 spiro atoms. The summed E-state index contributed by atoms with van der Waals surface area (Å²) in [6.07, 6.45) is 0.526. The number of carbonyl (C=O) groups is 2. The minimum atomic E-state index is -0.355. The third-order valence-corrected chi connectivity index (χ3v) is 4.72. The van der Waals surface area contributed by atoms with Gasteiger partial charge in [-0.1, -0.05) is 23.7 Å². The summed E-state index contributed by atoms with van der Waals surface area (Å²) in [6.45, 7) is 3.58. The first-order valence-corrected chi connectivity index (χ1v) is 9.71. The number of carbonyl (C=O) groups excluding carboxylic acids is 2. The molecule has 0 aliphatic rings. The van der Waals surface area contributed by atoms with Crippen molar-refractivity contribution in [2.75, 3.05) is 6.61 Å². The lowest BCUT2D eigenvalue weighted by atomic mass is 10.1. The van der Waals surface area contributed by atoms with Gasteiger partial charge >= 0.3 is 5.97 Å². The number of hydrogen-bond acceptors (Lipinski definition) is 6. The molecule has 0 radical (unpaired) electrons. The molecule has 3 aromatic rings. The number of benzene rings is 2. The molecule has 1 heterocycles. The van der Waals surface area contributed by atoms with Gasteiger partial charge in [0.2, 0.25) is 0 Å². The number of nitrogens with zero attached hydrogens (tertiary/aromatic N) is 1. The molecule has 0 saturated carbocycles. The molecule has 0 atom stereocenters. The molecular weight excluding hydrogens is 408 g/mol. The van der Waals surface area contributed by atoms with Crippen LogP contribution in [0, 0.1) is 0 Å². The molecule has 156 valence electrons. The zero-order valence-corrected chi connectivity index (χ0v) is 17.3. The Kier molecular flexibility index (Phi) is 6.74. The van der Waals surface area contributed by atoms with E-state index in [0.717, 1.165) is 11.3 Å². The van der Waals surface area contributed by atoms with E-state index in [1.807, 2.05) is 12.1 Å². The number of H-pyrrole nitrogens is 1. The molecule has 30 heavy (non-hydrogen) atoms. The summed E-state index contributed by atoms with van der Waals surface area (Å²) in [5.41, 5.74) is 3.04. The zero-order valence-electron chi connectivity index (χ0n) is 16.6. The largest absolute Gasteiger partial charge is 0.505 e. The number of ether oxygens (including phenoxy) is 2. The van der Waals surface area contributed by atoms with Crippen molar-refractivity contribution in [2.45, 2.75) is 26.9 Å². The third kappa shape index (κ3) is 4.99. The van der Waals surface area contributed by atoms with Crippen molar-refractivity contribution in [3.05, 3.63) is 75.6 Å². The average molecular weight is 429 g/mol. The molecule has 2 aromatic carbocycles. The number of phenols is 1. The van der Waals surface area contributed by atoms with Gasteiger partial charge in [-0.15, -0.1) is 0 Å². The minimum absolute atomic E-state index is 0.0155. The minimum Gasteiger partial charge on any atom is -0.505 e. The van der Waals surface area contributed by atoms with Crippen molar-refractivity contribution in [3.8, 4) is 11.5 Å². The van der Waals surface area contributed by atoms with E-state index in [2.05, 4.69) is 10.2 Å². The van der Waals surface area contributed by atoms with Gasteiger partial charge in [0.25, 0.3) is 0 Å². The van der Waals surface area contributed by atoms with Crippen molar-refractivity contribution in [1.29, 1.82) is 0 Å². The summed E-state index contributed by atoms with van der Waals surface area (Å²) < 4.78 is 10.7. The van der Waals surface area contributed by atoms with Gasteiger partial charge in [-0.2, -0.15) is 5.10 Å². The summed E-state index contributed by atoms with van der Waals surface area (Å²) in [6, 6.07) is 12.0. The fourth-order valence-corrected chi connectivity index (χ4v) is 3.12. The van der Waals surface area contributed by atoms with E-state index < -0.39 is 0 Å². The van der Waals surface area contributed by atoms with Crippen LogP contribution in [0.5, 0.6) is 11.5 Å². The number of Topliss-reactive ketones (excluding diaryl/α,β-unsaturated/α-hetero) is 1. The van der Waals surface area contributed by atoms with Crippen molar-refractivity contribution in [3.63, 3.8) is 0 Å². The van der Waals surface area contributed by atoms with Gasteiger partial charge < -0.3 is 14.6 Å². The van der Waals surface area contributed by atoms with Gasteiger partial charge in [-0.25, -0.2) is 4.79 Å². The van der Waals surface area contributed by atoms with Gasteiger partial charge in [0, 0.05) is 6.42 Å². The van der Waals surface area contributed by atoms with Crippen molar-refractivity contribution < 1.29 is 24.2 Å². The maximum atomic E-state index is 11.9. The Hall–Kier alpha value is -3.32. The maximum absolute atomic E-state index is 11.9. The fraction of sp³-hybridized carbons (Fsp3) is 0.227. The number of esters is 1. The van der Waals surface area contributed by atoms with Crippen LogP contribution >= 0.6 is 11.6 Å². The second-order valence-corrected chi connectivity index (χ2v) is 6.98. The van der Waals surface area contributed by atoms with Crippen molar-refractivity contribution in [1.82, 2.24) is 10.2 Å². The molecule has 8 heteroatoms. The number of aromatic hydroxyl groups is 1. The molecule has 0 aliphatic carbocycles. The van der Waals surface area contributed by atoms with Crippen molar-refractivity contribution >= 4 is 23.4 Å². The SMILES string of the molecule is CCOC(=O)c1cccc(Cc2cc(COc3ccc(C(C)=O)c(O)c3Cl)[nH]n2)c1. The monoisotopic (exact) mass is 428 g/mol. The van der Waals surface area contributed by atoms with Crippen LogP contribution in [0.1, 0.15) is 51.5 Å². The number of hydrogen-bond donors (Lipinski definition) is 2. The highest BCUT2D eigenvalue weighted by atomic mass is 35.5. The summed E-state index contributed by atoms with van der Waals surface area (Å²) in [5.74, 6) is -0.677. The summed E-state index contributed by atoms with van der Waals surface area (Å²) in [5, 5.41) is 17.2.